The summed E-state index contributed by atoms with van der Waals surface area (Å²) in [5.74, 6) is -0.689. The minimum Gasteiger partial charge on any atom is -0.411 e. The highest BCUT2D eigenvalue weighted by molar-refractivity contribution is 9.10. The number of benzene rings is 2. The van der Waals surface area contributed by atoms with E-state index in [1.54, 1.807) is 6.07 Å². The summed E-state index contributed by atoms with van der Waals surface area (Å²) in [6.45, 7) is 1.81. The molecule has 0 bridgehead atoms. The van der Waals surface area contributed by atoms with Gasteiger partial charge in [0.2, 0.25) is 5.91 Å². The molecular weight excluding hydrogens is 446 g/mol. The van der Waals surface area contributed by atoms with Crippen molar-refractivity contribution in [3.63, 3.8) is 0 Å². The van der Waals surface area contributed by atoms with Gasteiger partial charge in [-0.3, -0.25) is 9.59 Å². The van der Waals surface area contributed by atoms with Gasteiger partial charge in [0.05, 0.1) is 5.71 Å². The van der Waals surface area contributed by atoms with Gasteiger partial charge >= 0.3 is 0 Å². The molecule has 1 amide bonds. The lowest BCUT2D eigenvalue weighted by molar-refractivity contribution is -0.118. The van der Waals surface area contributed by atoms with E-state index in [9.17, 15) is 14.8 Å². The fourth-order valence-electron chi connectivity index (χ4n) is 3.48. The summed E-state index contributed by atoms with van der Waals surface area (Å²) in [7, 11) is 0. The molecule has 6 nitrogen and oxygen atoms in total. The van der Waals surface area contributed by atoms with E-state index < -0.39 is 5.91 Å². The molecule has 7 heteroatoms. The van der Waals surface area contributed by atoms with Crippen LogP contribution in [0.5, 0.6) is 0 Å². The molecular formula is C23H22BrN3O3. The minimum atomic E-state index is -0.621. The van der Waals surface area contributed by atoms with Gasteiger partial charge in [-0.2, -0.15) is 0 Å². The van der Waals surface area contributed by atoms with Crippen molar-refractivity contribution in [2.75, 3.05) is 0 Å². The highest BCUT2D eigenvalue weighted by Crippen LogP contribution is 2.32. The molecule has 2 aromatic carbocycles. The fraction of sp³-hybridized carbons (Fsp3) is 0.174. The molecule has 3 rings (SSSR count). The second kappa shape index (κ2) is 9.54. The molecule has 0 aliphatic carbocycles. The molecule has 1 unspecified atom stereocenters. The van der Waals surface area contributed by atoms with Gasteiger partial charge in [-0.25, -0.2) is 0 Å². The Kier molecular flexibility index (Phi) is 6.84. The monoisotopic (exact) mass is 467 g/mol. The summed E-state index contributed by atoms with van der Waals surface area (Å²) in [6.07, 6.45) is 1.90. The number of oxime groups is 1. The molecule has 3 N–H and O–H groups in total. The highest BCUT2D eigenvalue weighted by Gasteiger charge is 2.21. The van der Waals surface area contributed by atoms with Crippen molar-refractivity contribution < 1.29 is 10.0 Å². The number of amides is 1. The second-order valence-corrected chi connectivity index (χ2v) is 7.98. The molecule has 1 aromatic heterocycles. The van der Waals surface area contributed by atoms with E-state index in [1.807, 2.05) is 49.4 Å². The number of hydrogen-bond acceptors (Lipinski definition) is 4. The number of aryl methyl sites for hydroxylation is 1. The van der Waals surface area contributed by atoms with Crippen LogP contribution in [-0.4, -0.2) is 21.4 Å². The Hall–Kier alpha value is -3.19. The van der Waals surface area contributed by atoms with E-state index in [2.05, 4.69) is 27.2 Å². The number of rotatable bonds is 7. The number of nitrogens with two attached hydrogens (primary N) is 1. The first kappa shape index (κ1) is 21.5. The zero-order valence-corrected chi connectivity index (χ0v) is 18.0. The lowest BCUT2D eigenvalue weighted by Crippen LogP contribution is -2.28. The lowest BCUT2D eigenvalue weighted by Gasteiger charge is -2.21. The summed E-state index contributed by atoms with van der Waals surface area (Å²) in [6, 6.07) is 19.0. The molecule has 0 aliphatic rings. The zero-order chi connectivity index (χ0) is 21.7. The van der Waals surface area contributed by atoms with E-state index in [1.165, 1.54) is 16.8 Å². The summed E-state index contributed by atoms with van der Waals surface area (Å²) >= 11 is 3.47. The Balaban J connectivity index is 2.03. The van der Waals surface area contributed by atoms with Crippen LogP contribution in [0.1, 0.15) is 34.6 Å². The van der Waals surface area contributed by atoms with Gasteiger partial charge < -0.3 is 15.5 Å². The van der Waals surface area contributed by atoms with Crippen LogP contribution in [0.4, 0.5) is 0 Å². The van der Waals surface area contributed by atoms with Crippen LogP contribution in [0.25, 0.3) is 0 Å². The van der Waals surface area contributed by atoms with Crippen LogP contribution < -0.4 is 11.3 Å². The van der Waals surface area contributed by atoms with E-state index in [0.29, 0.717) is 17.7 Å². The third kappa shape index (κ3) is 5.04. The average Bonchev–Trinajstić information content (AvgIpc) is 2.72. The van der Waals surface area contributed by atoms with Crippen LogP contribution >= 0.6 is 15.9 Å². The van der Waals surface area contributed by atoms with Gasteiger partial charge in [-0.05, 0) is 41.8 Å². The van der Waals surface area contributed by atoms with Crippen molar-refractivity contribution in [2.24, 2.45) is 10.9 Å². The third-order valence-electron chi connectivity index (χ3n) is 5.00. The van der Waals surface area contributed by atoms with Crippen LogP contribution in [-0.2, 0) is 11.3 Å². The molecule has 0 saturated heterocycles. The topological polar surface area (TPSA) is 97.7 Å². The standard InChI is InChI=1S/C23H22BrN3O3/c1-15-4-2-3-5-19(15)20(16-6-9-18(24)10-7-16)12-21(26-30)17-8-11-23(29)27(13-17)14-22(25)28/h2-11,13,20,30H,12,14H2,1H3,(H2,25,28)/b26-21+. The normalized spacial score (nSPS) is 12.5. The molecule has 0 aliphatic heterocycles. The van der Waals surface area contributed by atoms with Crippen LogP contribution in [0.2, 0.25) is 0 Å². The zero-order valence-electron chi connectivity index (χ0n) is 16.5. The Morgan fingerprint density at radius 1 is 1.13 bits per heavy atom. The Morgan fingerprint density at radius 3 is 2.47 bits per heavy atom. The van der Waals surface area contributed by atoms with Crippen molar-refractivity contribution in [1.29, 1.82) is 0 Å². The Bertz CT molecular complexity index is 1140. The van der Waals surface area contributed by atoms with Gasteiger partial charge in [-0.1, -0.05) is 57.5 Å². The number of carbonyl (C=O) groups excluding carboxylic acids is 1. The highest BCUT2D eigenvalue weighted by atomic mass is 79.9. The molecule has 0 radical (unpaired) electrons. The number of aromatic nitrogens is 1. The molecule has 3 aromatic rings. The quantitative estimate of drug-likeness (QED) is 0.314. The van der Waals surface area contributed by atoms with Gasteiger partial charge in [0.1, 0.15) is 6.54 Å². The average molecular weight is 468 g/mol. The molecule has 30 heavy (non-hydrogen) atoms. The van der Waals surface area contributed by atoms with Crippen molar-refractivity contribution in [3.8, 4) is 0 Å². The van der Waals surface area contributed by atoms with E-state index >= 15 is 0 Å². The third-order valence-corrected chi connectivity index (χ3v) is 5.53. The molecule has 154 valence electrons. The maximum absolute atomic E-state index is 12.0. The second-order valence-electron chi connectivity index (χ2n) is 7.06. The molecule has 0 spiro atoms. The van der Waals surface area contributed by atoms with Crippen molar-refractivity contribution in [1.82, 2.24) is 4.57 Å². The van der Waals surface area contributed by atoms with Crippen LogP contribution in [0, 0.1) is 6.92 Å². The van der Waals surface area contributed by atoms with Crippen molar-refractivity contribution in [3.05, 3.63) is 104 Å². The van der Waals surface area contributed by atoms with Gasteiger partial charge in [0, 0.05) is 34.6 Å². The summed E-state index contributed by atoms with van der Waals surface area (Å²) in [4.78, 5) is 23.3. The molecule has 1 atom stereocenters. The van der Waals surface area contributed by atoms with E-state index in [-0.39, 0.29) is 18.0 Å². The number of halogens is 1. The first-order valence-electron chi connectivity index (χ1n) is 9.40. The van der Waals surface area contributed by atoms with E-state index in [0.717, 1.165) is 21.2 Å². The summed E-state index contributed by atoms with van der Waals surface area (Å²) in [5, 5.41) is 13.3. The van der Waals surface area contributed by atoms with Gasteiger partial charge in [0.25, 0.3) is 5.56 Å². The van der Waals surface area contributed by atoms with Crippen LogP contribution in [0.3, 0.4) is 0 Å². The first-order valence-corrected chi connectivity index (χ1v) is 10.2. The van der Waals surface area contributed by atoms with Gasteiger partial charge in [0.15, 0.2) is 0 Å². The van der Waals surface area contributed by atoms with Crippen molar-refractivity contribution >= 4 is 27.5 Å². The smallest absolute Gasteiger partial charge is 0.251 e. The maximum Gasteiger partial charge on any atom is 0.251 e. The predicted octanol–water partition coefficient (Wildman–Crippen LogP) is 3.81. The minimum absolute atomic E-state index is 0.0679. The Morgan fingerprint density at radius 2 is 1.83 bits per heavy atom. The molecule has 1 heterocycles. The Labute approximate surface area is 182 Å². The van der Waals surface area contributed by atoms with Crippen molar-refractivity contribution in [2.45, 2.75) is 25.8 Å². The predicted molar refractivity (Wildman–Crippen MR) is 120 cm³/mol. The molecule has 0 fully saturated rings. The summed E-state index contributed by atoms with van der Waals surface area (Å²) in [5.41, 5.74) is 9.15. The number of carbonyl (C=O) groups is 1. The largest absolute Gasteiger partial charge is 0.411 e. The lowest BCUT2D eigenvalue weighted by atomic mass is 9.83. The van der Waals surface area contributed by atoms with Crippen LogP contribution in [0.15, 0.2) is 81.3 Å². The number of hydrogen-bond donors (Lipinski definition) is 2. The molecule has 0 saturated carbocycles. The fourth-order valence-corrected chi connectivity index (χ4v) is 3.75. The number of pyridine rings is 1. The number of primary amides is 1. The van der Waals surface area contributed by atoms with E-state index in [4.69, 9.17) is 5.73 Å². The number of nitrogens with zero attached hydrogens (tertiary/aromatic N) is 2. The first-order chi connectivity index (χ1) is 14.4. The van der Waals surface area contributed by atoms with Gasteiger partial charge in [-0.15, -0.1) is 0 Å². The SMILES string of the molecule is Cc1ccccc1C(C/C(=N\O)c1ccc(=O)n(CC(N)=O)c1)c1ccc(Br)cc1. The maximum atomic E-state index is 12.0. The summed E-state index contributed by atoms with van der Waals surface area (Å²) < 4.78 is 2.19.